The molecule has 0 aliphatic rings. The van der Waals surface area contributed by atoms with Crippen molar-refractivity contribution in [2.24, 2.45) is 0 Å². The Morgan fingerprint density at radius 3 is 2.26 bits per heavy atom. The van der Waals surface area contributed by atoms with E-state index in [4.69, 9.17) is 4.74 Å². The van der Waals surface area contributed by atoms with Gasteiger partial charge in [-0.3, -0.25) is 9.10 Å². The lowest BCUT2D eigenvalue weighted by molar-refractivity contribution is -0.137. The van der Waals surface area contributed by atoms with Gasteiger partial charge in [0.25, 0.3) is 0 Å². The van der Waals surface area contributed by atoms with Crippen molar-refractivity contribution in [1.82, 2.24) is 4.72 Å². The SMILES string of the molecule is COc1ccc(S(=O)(=O)NC(C)C)cc1NC(=O)CN(c1cccc(C(F)(F)F)c1)S(C)(=O)=O. The lowest BCUT2D eigenvalue weighted by atomic mass is 10.2. The number of halogens is 3. The molecule has 9 nitrogen and oxygen atoms in total. The van der Waals surface area contributed by atoms with Gasteiger partial charge in [-0.05, 0) is 50.2 Å². The maximum Gasteiger partial charge on any atom is 0.416 e. The Kier molecular flexibility index (Phi) is 8.22. The third-order valence-electron chi connectivity index (χ3n) is 4.30. The zero-order chi connectivity index (χ0) is 25.9. The maximum absolute atomic E-state index is 13.1. The van der Waals surface area contributed by atoms with Crippen LogP contribution in [0.4, 0.5) is 24.5 Å². The van der Waals surface area contributed by atoms with E-state index in [1.165, 1.54) is 19.2 Å². The summed E-state index contributed by atoms with van der Waals surface area (Å²) in [6, 6.07) is 6.79. The lowest BCUT2D eigenvalue weighted by Crippen LogP contribution is -2.37. The van der Waals surface area contributed by atoms with Gasteiger partial charge in [-0.15, -0.1) is 0 Å². The monoisotopic (exact) mass is 523 g/mol. The number of nitrogens with one attached hydrogen (secondary N) is 2. The Bertz CT molecular complexity index is 1260. The summed E-state index contributed by atoms with van der Waals surface area (Å²) >= 11 is 0. The number of nitrogens with zero attached hydrogens (tertiary/aromatic N) is 1. The van der Waals surface area contributed by atoms with Crippen LogP contribution in [0.3, 0.4) is 0 Å². The van der Waals surface area contributed by atoms with Crippen LogP contribution in [-0.2, 0) is 31.0 Å². The minimum Gasteiger partial charge on any atom is -0.495 e. The first-order valence-corrected chi connectivity index (χ1v) is 13.0. The number of sulfonamides is 2. The van der Waals surface area contributed by atoms with E-state index in [0.29, 0.717) is 10.4 Å². The van der Waals surface area contributed by atoms with Crippen molar-refractivity contribution in [2.45, 2.75) is 31.0 Å². The van der Waals surface area contributed by atoms with Crippen molar-refractivity contribution in [3.05, 3.63) is 48.0 Å². The maximum atomic E-state index is 13.1. The first kappa shape index (κ1) is 27.4. The van der Waals surface area contributed by atoms with Crippen molar-refractivity contribution in [1.29, 1.82) is 0 Å². The fourth-order valence-electron chi connectivity index (χ4n) is 2.89. The zero-order valence-electron chi connectivity index (χ0n) is 18.7. The molecule has 0 aliphatic carbocycles. The van der Waals surface area contributed by atoms with Gasteiger partial charge in [0.2, 0.25) is 26.0 Å². The molecule has 0 atom stereocenters. The topological polar surface area (TPSA) is 122 Å². The van der Waals surface area contributed by atoms with Crippen LogP contribution in [0.5, 0.6) is 5.75 Å². The summed E-state index contributed by atoms with van der Waals surface area (Å²) in [5.74, 6) is -0.852. The second kappa shape index (κ2) is 10.2. The molecule has 2 aromatic carbocycles. The number of benzene rings is 2. The zero-order valence-corrected chi connectivity index (χ0v) is 20.3. The van der Waals surface area contributed by atoms with Crippen LogP contribution in [0.15, 0.2) is 47.4 Å². The normalized spacial score (nSPS) is 12.5. The summed E-state index contributed by atoms with van der Waals surface area (Å²) in [5.41, 5.74) is -1.52. The number of hydrogen-bond acceptors (Lipinski definition) is 6. The molecule has 0 bridgehead atoms. The highest BCUT2D eigenvalue weighted by Gasteiger charge is 2.32. The van der Waals surface area contributed by atoms with Crippen molar-refractivity contribution in [2.75, 3.05) is 29.5 Å². The molecule has 34 heavy (non-hydrogen) atoms. The Hall–Kier alpha value is -2.84. The Morgan fingerprint density at radius 1 is 1.09 bits per heavy atom. The molecule has 1 amide bonds. The molecule has 0 unspecified atom stereocenters. The van der Waals surface area contributed by atoms with Gasteiger partial charge in [0.15, 0.2) is 0 Å². The number of hydrogen-bond donors (Lipinski definition) is 2. The highest BCUT2D eigenvalue weighted by atomic mass is 32.2. The summed E-state index contributed by atoms with van der Waals surface area (Å²) < 4.78 is 96.6. The molecule has 0 spiro atoms. The fourth-order valence-corrected chi connectivity index (χ4v) is 5.01. The van der Waals surface area contributed by atoms with Gasteiger partial charge in [0, 0.05) is 6.04 Å². The van der Waals surface area contributed by atoms with Crippen LogP contribution in [0.1, 0.15) is 19.4 Å². The molecule has 0 saturated heterocycles. The third kappa shape index (κ3) is 7.08. The number of carbonyl (C=O) groups is 1. The molecule has 0 aromatic heterocycles. The van der Waals surface area contributed by atoms with E-state index >= 15 is 0 Å². The molecule has 2 aromatic rings. The Labute approximate surface area is 196 Å². The largest absolute Gasteiger partial charge is 0.495 e. The van der Waals surface area contributed by atoms with Gasteiger partial charge in [-0.2, -0.15) is 13.2 Å². The second-order valence-corrected chi connectivity index (χ2v) is 11.1. The van der Waals surface area contributed by atoms with E-state index in [-0.39, 0.29) is 22.0 Å². The van der Waals surface area contributed by atoms with E-state index in [1.807, 2.05) is 0 Å². The number of amides is 1. The van der Waals surface area contributed by atoms with Crippen molar-refractivity contribution in [3.63, 3.8) is 0 Å². The lowest BCUT2D eigenvalue weighted by Gasteiger charge is -2.23. The summed E-state index contributed by atoms with van der Waals surface area (Å²) in [4.78, 5) is 12.5. The van der Waals surface area contributed by atoms with Gasteiger partial charge in [0.05, 0.1) is 35.2 Å². The average Bonchev–Trinajstić information content (AvgIpc) is 2.69. The number of carbonyl (C=O) groups excluding carboxylic acids is 1. The molecule has 2 N–H and O–H groups in total. The number of methoxy groups -OCH3 is 1. The van der Waals surface area contributed by atoms with Crippen molar-refractivity contribution in [3.8, 4) is 5.75 Å². The minimum absolute atomic E-state index is 0.0726. The molecule has 0 heterocycles. The van der Waals surface area contributed by atoms with E-state index in [9.17, 15) is 34.8 Å². The number of anilines is 2. The van der Waals surface area contributed by atoms with E-state index in [2.05, 4.69) is 10.0 Å². The smallest absolute Gasteiger partial charge is 0.416 e. The van der Waals surface area contributed by atoms with E-state index < -0.39 is 50.3 Å². The molecule has 2 rings (SSSR count). The van der Waals surface area contributed by atoms with Gasteiger partial charge < -0.3 is 10.1 Å². The van der Waals surface area contributed by atoms with E-state index in [0.717, 1.165) is 30.5 Å². The number of ether oxygens (including phenoxy) is 1. The quantitative estimate of drug-likeness (QED) is 0.521. The van der Waals surface area contributed by atoms with Crippen LogP contribution in [0.25, 0.3) is 0 Å². The predicted octanol–water partition coefficient (Wildman–Crippen LogP) is 2.81. The van der Waals surface area contributed by atoms with Gasteiger partial charge in [-0.25, -0.2) is 21.6 Å². The van der Waals surface area contributed by atoms with Crippen LogP contribution in [0, 0.1) is 0 Å². The molecule has 14 heteroatoms. The number of rotatable bonds is 9. The van der Waals surface area contributed by atoms with Crippen LogP contribution in [0.2, 0.25) is 0 Å². The highest BCUT2D eigenvalue weighted by molar-refractivity contribution is 7.92. The van der Waals surface area contributed by atoms with Gasteiger partial charge in [-0.1, -0.05) is 6.07 Å². The molecule has 0 radical (unpaired) electrons. The van der Waals surface area contributed by atoms with Gasteiger partial charge >= 0.3 is 6.18 Å². The molecular weight excluding hydrogens is 499 g/mol. The standard InChI is InChI=1S/C20H24F3N3O6S2/c1-13(2)25-34(30,31)16-8-9-18(32-3)17(11-16)24-19(27)12-26(33(4,28)29)15-7-5-6-14(10-15)20(21,22)23/h5-11,13,25H,12H2,1-4H3,(H,24,27). The minimum atomic E-state index is -4.72. The van der Waals surface area contributed by atoms with E-state index in [1.54, 1.807) is 13.8 Å². The highest BCUT2D eigenvalue weighted by Crippen LogP contribution is 2.32. The average molecular weight is 524 g/mol. The summed E-state index contributed by atoms with van der Waals surface area (Å²) in [7, 11) is -6.81. The molecule has 0 aliphatic heterocycles. The molecule has 188 valence electrons. The Morgan fingerprint density at radius 2 is 1.74 bits per heavy atom. The predicted molar refractivity (Wildman–Crippen MR) is 121 cm³/mol. The van der Waals surface area contributed by atoms with Crippen LogP contribution < -0.4 is 19.1 Å². The second-order valence-electron chi connectivity index (χ2n) is 7.50. The first-order valence-electron chi connectivity index (χ1n) is 9.70. The summed E-state index contributed by atoms with van der Waals surface area (Å²) in [5, 5.41) is 2.36. The third-order valence-corrected chi connectivity index (χ3v) is 7.09. The first-order chi connectivity index (χ1) is 15.5. The molecular formula is C20H24F3N3O6S2. The van der Waals surface area contributed by atoms with Crippen molar-refractivity contribution >= 4 is 37.3 Å². The molecule has 0 fully saturated rings. The summed E-state index contributed by atoms with van der Waals surface area (Å²) in [6.45, 7) is 2.37. The Balaban J connectivity index is 2.38. The fraction of sp³-hybridized carbons (Fsp3) is 0.350. The van der Waals surface area contributed by atoms with Crippen LogP contribution in [-0.4, -0.2) is 48.7 Å². The van der Waals surface area contributed by atoms with Crippen LogP contribution >= 0.6 is 0 Å². The number of alkyl halides is 3. The molecule has 0 saturated carbocycles. The summed E-state index contributed by atoms with van der Waals surface area (Å²) in [6.07, 6.45) is -3.98. The van der Waals surface area contributed by atoms with Gasteiger partial charge in [0.1, 0.15) is 12.3 Å². The van der Waals surface area contributed by atoms with Crippen molar-refractivity contribution < 1.29 is 39.5 Å².